The summed E-state index contributed by atoms with van der Waals surface area (Å²) in [4.78, 5) is 22.4. The molecule has 1 rings (SSSR count). The van der Waals surface area contributed by atoms with Crippen LogP contribution in [0.15, 0.2) is 24.3 Å². The number of carbonyl (C=O) groups excluding carboxylic acids is 2. The number of amides is 1. The maximum absolute atomic E-state index is 13.1. The molecule has 0 aliphatic carbocycles. The number of Topliss-reactive ketones (excluding diaryl/α,β-unsaturated/α-hetero) is 1. The molecule has 0 bridgehead atoms. The predicted molar refractivity (Wildman–Crippen MR) is 54.0 cm³/mol. The highest BCUT2D eigenvalue weighted by Crippen LogP contribution is 2.06. The summed E-state index contributed by atoms with van der Waals surface area (Å²) in [6.07, 6.45) is 0. The second-order valence-electron chi connectivity index (χ2n) is 3.29. The second-order valence-corrected chi connectivity index (χ2v) is 3.29. The highest BCUT2D eigenvalue weighted by Gasteiger charge is 2.15. The van der Waals surface area contributed by atoms with Crippen LogP contribution in [-0.2, 0) is 4.79 Å². The largest absolute Gasteiger partial charge is 0.342 e. The van der Waals surface area contributed by atoms with E-state index < -0.39 is 17.8 Å². The summed E-state index contributed by atoms with van der Waals surface area (Å²) in [6.45, 7) is 2.92. The molecule has 0 heterocycles. The Hall–Kier alpha value is -1.71. The Balaban J connectivity index is 2.78. The predicted octanol–water partition coefficient (Wildman–Crippen LogP) is 1.53. The summed E-state index contributed by atoms with van der Waals surface area (Å²) in [6, 6.07) is 5.04. The van der Waals surface area contributed by atoms with Crippen molar-refractivity contribution in [2.24, 2.45) is 0 Å². The van der Waals surface area contributed by atoms with Crippen LogP contribution in [0.2, 0.25) is 0 Å². The number of halogens is 1. The summed E-state index contributed by atoms with van der Waals surface area (Å²) < 4.78 is 13.1. The third-order valence-corrected chi connectivity index (χ3v) is 2.08. The van der Waals surface area contributed by atoms with Crippen molar-refractivity contribution in [1.29, 1.82) is 0 Å². The molecular weight excluding hydrogens is 197 g/mol. The SMILES string of the molecule is CC(=O)C(C)NC(=O)c1ccccc1F. The number of ketones is 1. The van der Waals surface area contributed by atoms with E-state index in [1.165, 1.54) is 25.1 Å². The first-order valence-corrected chi connectivity index (χ1v) is 4.58. The van der Waals surface area contributed by atoms with Crippen LogP contribution in [0.3, 0.4) is 0 Å². The van der Waals surface area contributed by atoms with Gasteiger partial charge >= 0.3 is 0 Å². The Labute approximate surface area is 87.3 Å². The van der Waals surface area contributed by atoms with Gasteiger partial charge in [-0.1, -0.05) is 12.1 Å². The lowest BCUT2D eigenvalue weighted by molar-refractivity contribution is -0.118. The van der Waals surface area contributed by atoms with E-state index in [1.54, 1.807) is 13.0 Å². The van der Waals surface area contributed by atoms with E-state index >= 15 is 0 Å². The normalized spacial score (nSPS) is 11.9. The summed E-state index contributed by atoms with van der Waals surface area (Å²) in [5.41, 5.74) is -0.0504. The average Bonchev–Trinajstić information content (AvgIpc) is 2.18. The zero-order chi connectivity index (χ0) is 11.4. The second kappa shape index (κ2) is 4.68. The van der Waals surface area contributed by atoms with Gasteiger partial charge in [0, 0.05) is 0 Å². The van der Waals surface area contributed by atoms with E-state index in [0.29, 0.717) is 0 Å². The first-order valence-electron chi connectivity index (χ1n) is 4.58. The standard InChI is InChI=1S/C11H12FNO2/c1-7(8(2)14)13-11(15)9-5-3-4-6-10(9)12/h3-7H,1-2H3,(H,13,15). The van der Waals surface area contributed by atoms with Gasteiger partial charge in [0.15, 0.2) is 5.78 Å². The minimum Gasteiger partial charge on any atom is -0.342 e. The van der Waals surface area contributed by atoms with E-state index in [9.17, 15) is 14.0 Å². The van der Waals surface area contributed by atoms with Gasteiger partial charge in [0.2, 0.25) is 0 Å². The van der Waals surface area contributed by atoms with E-state index in [2.05, 4.69) is 5.32 Å². The zero-order valence-corrected chi connectivity index (χ0v) is 8.58. The van der Waals surface area contributed by atoms with Crippen molar-refractivity contribution in [2.75, 3.05) is 0 Å². The lowest BCUT2D eigenvalue weighted by Gasteiger charge is -2.10. The number of rotatable bonds is 3. The van der Waals surface area contributed by atoms with Gasteiger partial charge in [-0.3, -0.25) is 9.59 Å². The van der Waals surface area contributed by atoms with E-state index in [1.807, 2.05) is 0 Å². The minimum absolute atomic E-state index is 0.0504. The van der Waals surface area contributed by atoms with E-state index in [4.69, 9.17) is 0 Å². The number of hydrogen-bond donors (Lipinski definition) is 1. The van der Waals surface area contributed by atoms with Crippen LogP contribution in [0.4, 0.5) is 4.39 Å². The first kappa shape index (κ1) is 11.4. The average molecular weight is 209 g/mol. The van der Waals surface area contributed by atoms with Crippen molar-refractivity contribution in [2.45, 2.75) is 19.9 Å². The Kier molecular flexibility index (Phi) is 3.55. The molecule has 1 unspecified atom stereocenters. The van der Waals surface area contributed by atoms with Crippen LogP contribution in [0.25, 0.3) is 0 Å². The molecule has 3 nitrogen and oxygen atoms in total. The zero-order valence-electron chi connectivity index (χ0n) is 8.58. The van der Waals surface area contributed by atoms with Gasteiger partial charge < -0.3 is 5.32 Å². The van der Waals surface area contributed by atoms with Crippen molar-refractivity contribution in [3.8, 4) is 0 Å². The van der Waals surface area contributed by atoms with E-state index in [0.717, 1.165) is 0 Å². The van der Waals surface area contributed by atoms with Gasteiger partial charge in [-0.25, -0.2) is 4.39 Å². The van der Waals surface area contributed by atoms with Crippen molar-refractivity contribution >= 4 is 11.7 Å². The summed E-state index contributed by atoms with van der Waals surface area (Å²) in [5.74, 6) is -1.33. The van der Waals surface area contributed by atoms with Gasteiger partial charge in [0.05, 0.1) is 11.6 Å². The lowest BCUT2D eigenvalue weighted by atomic mass is 10.1. The Morgan fingerprint density at radius 2 is 1.93 bits per heavy atom. The van der Waals surface area contributed by atoms with Crippen molar-refractivity contribution in [3.05, 3.63) is 35.6 Å². The summed E-state index contributed by atoms with van der Waals surface area (Å²) in [7, 11) is 0. The summed E-state index contributed by atoms with van der Waals surface area (Å²) in [5, 5.41) is 2.41. The van der Waals surface area contributed by atoms with Crippen molar-refractivity contribution < 1.29 is 14.0 Å². The molecule has 0 radical (unpaired) electrons. The Morgan fingerprint density at radius 3 is 2.47 bits per heavy atom. The van der Waals surface area contributed by atoms with Crippen LogP contribution >= 0.6 is 0 Å². The molecular formula is C11H12FNO2. The van der Waals surface area contributed by atoms with Gasteiger partial charge in [0.25, 0.3) is 5.91 Å². The monoisotopic (exact) mass is 209 g/mol. The third-order valence-electron chi connectivity index (χ3n) is 2.08. The molecule has 0 aliphatic heterocycles. The summed E-state index contributed by atoms with van der Waals surface area (Å²) >= 11 is 0. The van der Waals surface area contributed by atoms with Crippen LogP contribution in [0.5, 0.6) is 0 Å². The molecule has 4 heteroatoms. The van der Waals surface area contributed by atoms with Gasteiger partial charge in [0.1, 0.15) is 5.82 Å². The lowest BCUT2D eigenvalue weighted by Crippen LogP contribution is -2.37. The molecule has 0 fully saturated rings. The maximum atomic E-state index is 13.1. The molecule has 1 N–H and O–H groups in total. The molecule has 1 atom stereocenters. The molecule has 1 amide bonds. The first-order chi connectivity index (χ1) is 7.02. The molecule has 1 aromatic rings. The number of nitrogens with one attached hydrogen (secondary N) is 1. The fourth-order valence-corrected chi connectivity index (χ4v) is 1.02. The topological polar surface area (TPSA) is 46.2 Å². The molecule has 0 saturated carbocycles. The van der Waals surface area contributed by atoms with Crippen LogP contribution in [0, 0.1) is 5.82 Å². The van der Waals surface area contributed by atoms with Crippen molar-refractivity contribution in [1.82, 2.24) is 5.32 Å². The number of benzene rings is 1. The smallest absolute Gasteiger partial charge is 0.254 e. The van der Waals surface area contributed by atoms with Crippen LogP contribution < -0.4 is 5.32 Å². The molecule has 80 valence electrons. The molecule has 0 saturated heterocycles. The fourth-order valence-electron chi connectivity index (χ4n) is 1.02. The fraction of sp³-hybridized carbons (Fsp3) is 0.273. The maximum Gasteiger partial charge on any atom is 0.254 e. The molecule has 0 spiro atoms. The highest BCUT2D eigenvalue weighted by atomic mass is 19.1. The Bertz CT molecular complexity index is 390. The van der Waals surface area contributed by atoms with Gasteiger partial charge in [-0.2, -0.15) is 0 Å². The number of carbonyl (C=O) groups is 2. The van der Waals surface area contributed by atoms with E-state index in [-0.39, 0.29) is 11.3 Å². The quantitative estimate of drug-likeness (QED) is 0.820. The Morgan fingerprint density at radius 1 is 1.33 bits per heavy atom. The third kappa shape index (κ3) is 2.87. The van der Waals surface area contributed by atoms with Gasteiger partial charge in [-0.05, 0) is 26.0 Å². The molecule has 1 aromatic carbocycles. The molecule has 0 aromatic heterocycles. The minimum atomic E-state index is -0.600. The highest BCUT2D eigenvalue weighted by molar-refractivity contribution is 5.97. The van der Waals surface area contributed by atoms with Gasteiger partial charge in [-0.15, -0.1) is 0 Å². The van der Waals surface area contributed by atoms with Crippen LogP contribution in [-0.4, -0.2) is 17.7 Å². The van der Waals surface area contributed by atoms with Crippen LogP contribution in [0.1, 0.15) is 24.2 Å². The number of hydrogen-bond acceptors (Lipinski definition) is 2. The van der Waals surface area contributed by atoms with Crippen molar-refractivity contribution in [3.63, 3.8) is 0 Å². The molecule has 0 aliphatic rings. The molecule has 15 heavy (non-hydrogen) atoms.